The molecule has 0 saturated carbocycles. The lowest BCUT2D eigenvalue weighted by Gasteiger charge is -2.13. The summed E-state index contributed by atoms with van der Waals surface area (Å²) in [7, 11) is 0. The Morgan fingerprint density at radius 3 is 2.79 bits per heavy atom. The monoisotopic (exact) mass is 385 g/mol. The lowest BCUT2D eigenvalue weighted by atomic mass is 10.1. The van der Waals surface area contributed by atoms with Gasteiger partial charge in [0.1, 0.15) is 17.1 Å². The lowest BCUT2D eigenvalue weighted by molar-refractivity contribution is -0.156. The fourth-order valence-corrected chi connectivity index (χ4v) is 2.55. The van der Waals surface area contributed by atoms with Crippen molar-refractivity contribution in [2.45, 2.75) is 26.5 Å². The predicted octanol–water partition coefficient (Wildman–Crippen LogP) is 2.32. The van der Waals surface area contributed by atoms with Gasteiger partial charge in [0.05, 0.1) is 12.8 Å². The first kappa shape index (κ1) is 19.2. The first-order chi connectivity index (χ1) is 13.4. The minimum atomic E-state index is -0.983. The van der Waals surface area contributed by atoms with Gasteiger partial charge >= 0.3 is 11.6 Å². The molecular weight excluding hydrogens is 366 g/mol. The number of furan rings is 1. The Balaban J connectivity index is 1.51. The third-order valence-electron chi connectivity index (χ3n) is 3.97. The molecular formula is C20H19NO7. The second kappa shape index (κ2) is 8.43. The van der Waals surface area contributed by atoms with E-state index in [1.165, 1.54) is 25.3 Å². The van der Waals surface area contributed by atoms with E-state index in [2.05, 4.69) is 5.32 Å². The average Bonchev–Trinajstić information content (AvgIpc) is 3.17. The molecule has 0 aliphatic carbocycles. The molecule has 0 aliphatic heterocycles. The SMILES string of the molecule is Cc1cc(=O)oc2cc(OCC(=O)O[C@H](C)C(=O)NCc3ccco3)ccc12. The lowest BCUT2D eigenvalue weighted by Crippen LogP contribution is -2.36. The molecule has 28 heavy (non-hydrogen) atoms. The van der Waals surface area contributed by atoms with Crippen LogP contribution in [-0.4, -0.2) is 24.6 Å². The average molecular weight is 385 g/mol. The van der Waals surface area contributed by atoms with Gasteiger partial charge in [-0.05, 0) is 43.7 Å². The number of benzene rings is 1. The van der Waals surface area contributed by atoms with Gasteiger partial charge in [0.2, 0.25) is 0 Å². The van der Waals surface area contributed by atoms with Crippen LogP contribution in [0.15, 0.2) is 56.3 Å². The van der Waals surface area contributed by atoms with Crippen molar-refractivity contribution in [3.05, 3.63) is 64.4 Å². The normalized spacial score (nSPS) is 11.8. The summed E-state index contributed by atoms with van der Waals surface area (Å²) in [5, 5.41) is 3.38. The van der Waals surface area contributed by atoms with Crippen molar-refractivity contribution in [2.75, 3.05) is 6.61 Å². The third-order valence-corrected chi connectivity index (χ3v) is 3.97. The van der Waals surface area contributed by atoms with Crippen LogP contribution < -0.4 is 15.7 Å². The Hall–Kier alpha value is -3.55. The molecule has 0 saturated heterocycles. The van der Waals surface area contributed by atoms with Crippen LogP contribution in [0.5, 0.6) is 5.75 Å². The summed E-state index contributed by atoms with van der Waals surface area (Å²) in [6.07, 6.45) is 0.519. The predicted molar refractivity (Wildman–Crippen MR) is 98.8 cm³/mol. The van der Waals surface area contributed by atoms with Crippen molar-refractivity contribution < 1.29 is 27.9 Å². The van der Waals surface area contributed by atoms with Crippen LogP contribution in [0.2, 0.25) is 0 Å². The van der Waals surface area contributed by atoms with Gasteiger partial charge in [-0.3, -0.25) is 4.79 Å². The Morgan fingerprint density at radius 1 is 1.21 bits per heavy atom. The molecule has 0 unspecified atom stereocenters. The number of amides is 1. The number of esters is 1. The number of ether oxygens (including phenoxy) is 2. The number of nitrogens with one attached hydrogen (secondary N) is 1. The fourth-order valence-electron chi connectivity index (χ4n) is 2.55. The first-order valence-corrected chi connectivity index (χ1v) is 8.59. The van der Waals surface area contributed by atoms with Gasteiger partial charge in [-0.1, -0.05) is 0 Å². The van der Waals surface area contributed by atoms with E-state index in [1.807, 2.05) is 0 Å². The van der Waals surface area contributed by atoms with Crippen molar-refractivity contribution in [3.8, 4) is 5.75 Å². The summed E-state index contributed by atoms with van der Waals surface area (Å²) in [5.74, 6) is -0.222. The molecule has 8 heteroatoms. The van der Waals surface area contributed by atoms with Crippen LogP contribution in [0, 0.1) is 6.92 Å². The second-order valence-electron chi connectivity index (χ2n) is 6.12. The number of hydrogen-bond acceptors (Lipinski definition) is 7. The van der Waals surface area contributed by atoms with Crippen molar-refractivity contribution in [3.63, 3.8) is 0 Å². The molecule has 0 aliphatic rings. The standard InChI is InChI=1S/C20H19NO7/c1-12-8-18(22)28-17-9-14(5-6-16(12)17)26-11-19(23)27-13(2)20(24)21-10-15-4-3-7-25-15/h3-9,13H,10-11H2,1-2H3,(H,21,24)/t13-/m1/s1. The Bertz CT molecular complexity index is 1040. The highest BCUT2D eigenvalue weighted by Gasteiger charge is 2.18. The molecule has 0 bridgehead atoms. The molecule has 1 atom stereocenters. The summed E-state index contributed by atoms with van der Waals surface area (Å²) >= 11 is 0. The van der Waals surface area contributed by atoms with Crippen molar-refractivity contribution in [1.29, 1.82) is 0 Å². The zero-order chi connectivity index (χ0) is 20.1. The van der Waals surface area contributed by atoms with Gasteiger partial charge in [0.25, 0.3) is 5.91 Å². The maximum Gasteiger partial charge on any atom is 0.344 e. The molecule has 3 aromatic rings. The number of hydrogen-bond donors (Lipinski definition) is 1. The Labute approximate surface area is 160 Å². The van der Waals surface area contributed by atoms with Crippen LogP contribution in [0.25, 0.3) is 11.0 Å². The highest BCUT2D eigenvalue weighted by Crippen LogP contribution is 2.22. The van der Waals surface area contributed by atoms with Crippen LogP contribution in [0.1, 0.15) is 18.2 Å². The summed E-state index contributed by atoms with van der Waals surface area (Å²) in [4.78, 5) is 35.3. The minimum absolute atomic E-state index is 0.200. The Kier molecular flexibility index (Phi) is 5.78. The van der Waals surface area contributed by atoms with E-state index >= 15 is 0 Å². The molecule has 1 aromatic carbocycles. The van der Waals surface area contributed by atoms with Crippen LogP contribution >= 0.6 is 0 Å². The Morgan fingerprint density at radius 2 is 2.04 bits per heavy atom. The van der Waals surface area contributed by atoms with Gasteiger partial charge in [0, 0.05) is 17.5 Å². The molecule has 1 N–H and O–H groups in total. The summed E-state index contributed by atoms with van der Waals surface area (Å²) < 4.78 is 20.7. The maximum atomic E-state index is 11.9. The molecule has 0 spiro atoms. The van der Waals surface area contributed by atoms with E-state index in [0.717, 1.165) is 10.9 Å². The van der Waals surface area contributed by atoms with Gasteiger partial charge in [-0.2, -0.15) is 0 Å². The van der Waals surface area contributed by atoms with Crippen LogP contribution in [0.3, 0.4) is 0 Å². The van der Waals surface area contributed by atoms with Gasteiger partial charge < -0.3 is 23.6 Å². The molecule has 0 radical (unpaired) electrons. The highest BCUT2D eigenvalue weighted by molar-refractivity contribution is 5.84. The summed E-state index contributed by atoms with van der Waals surface area (Å²) in [6, 6.07) is 9.75. The number of fused-ring (bicyclic) bond motifs is 1. The van der Waals surface area contributed by atoms with E-state index in [0.29, 0.717) is 17.1 Å². The fraction of sp³-hybridized carbons (Fsp3) is 0.250. The van der Waals surface area contributed by atoms with E-state index < -0.39 is 30.2 Å². The highest BCUT2D eigenvalue weighted by atomic mass is 16.6. The van der Waals surface area contributed by atoms with Gasteiger partial charge in [-0.25, -0.2) is 9.59 Å². The van der Waals surface area contributed by atoms with Crippen molar-refractivity contribution in [1.82, 2.24) is 5.32 Å². The first-order valence-electron chi connectivity index (χ1n) is 8.59. The van der Waals surface area contributed by atoms with Gasteiger partial charge in [0.15, 0.2) is 12.7 Å². The van der Waals surface area contributed by atoms with Crippen LogP contribution in [0.4, 0.5) is 0 Å². The number of aryl methyl sites for hydroxylation is 1. The van der Waals surface area contributed by atoms with Gasteiger partial charge in [-0.15, -0.1) is 0 Å². The quantitative estimate of drug-likeness (QED) is 0.491. The third kappa shape index (κ3) is 4.79. The zero-order valence-electron chi connectivity index (χ0n) is 15.4. The molecule has 2 aromatic heterocycles. The number of rotatable bonds is 7. The molecule has 3 rings (SSSR count). The van der Waals surface area contributed by atoms with Crippen molar-refractivity contribution >= 4 is 22.8 Å². The molecule has 1 amide bonds. The zero-order valence-corrected chi connectivity index (χ0v) is 15.4. The number of carbonyl (C=O) groups excluding carboxylic acids is 2. The van der Waals surface area contributed by atoms with E-state index in [-0.39, 0.29) is 6.54 Å². The van der Waals surface area contributed by atoms with E-state index in [4.69, 9.17) is 18.3 Å². The van der Waals surface area contributed by atoms with E-state index in [1.54, 1.807) is 31.2 Å². The van der Waals surface area contributed by atoms with E-state index in [9.17, 15) is 14.4 Å². The second-order valence-corrected chi connectivity index (χ2v) is 6.12. The smallest absolute Gasteiger partial charge is 0.344 e. The summed E-state index contributed by atoms with van der Waals surface area (Å²) in [6.45, 7) is 3.07. The maximum absolute atomic E-state index is 11.9. The molecule has 2 heterocycles. The topological polar surface area (TPSA) is 108 Å². The molecule has 8 nitrogen and oxygen atoms in total. The molecule has 0 fully saturated rings. The van der Waals surface area contributed by atoms with Crippen LogP contribution in [-0.2, 0) is 20.9 Å². The minimum Gasteiger partial charge on any atom is -0.482 e. The summed E-state index contributed by atoms with van der Waals surface area (Å²) in [5.41, 5.74) is 0.684. The molecule has 146 valence electrons. The van der Waals surface area contributed by atoms with Crippen molar-refractivity contribution in [2.24, 2.45) is 0 Å². The largest absolute Gasteiger partial charge is 0.482 e. The number of carbonyl (C=O) groups is 2.